The molecule has 0 bridgehead atoms. The summed E-state index contributed by atoms with van der Waals surface area (Å²) in [5.41, 5.74) is 2.16. The van der Waals surface area contributed by atoms with Gasteiger partial charge in [0.1, 0.15) is 6.17 Å². The molecule has 0 fully saturated rings. The summed E-state index contributed by atoms with van der Waals surface area (Å²) in [5.74, 6) is 0.479. The van der Waals surface area contributed by atoms with Crippen molar-refractivity contribution < 1.29 is 0 Å². The molecule has 72 valence electrons. The van der Waals surface area contributed by atoms with Crippen molar-refractivity contribution in [2.24, 2.45) is 15.9 Å². The molecular formula is C12H14N2. The Bertz CT molecular complexity index is 363. The molecule has 1 aromatic carbocycles. The minimum Gasteiger partial charge on any atom is -0.264 e. The van der Waals surface area contributed by atoms with Gasteiger partial charge in [-0.1, -0.05) is 44.2 Å². The lowest BCUT2D eigenvalue weighted by Crippen LogP contribution is -2.07. The predicted molar refractivity (Wildman–Crippen MR) is 60.1 cm³/mol. The minimum absolute atomic E-state index is 0.116. The molecule has 1 atom stereocenters. The summed E-state index contributed by atoms with van der Waals surface area (Å²) in [4.78, 5) is 8.92. The SMILES string of the molecule is CC(C)C1N=CC(c2ccccc2)=N1. The largest absolute Gasteiger partial charge is 0.264 e. The van der Waals surface area contributed by atoms with E-state index in [4.69, 9.17) is 0 Å². The molecule has 0 saturated carbocycles. The molecule has 1 aliphatic heterocycles. The van der Waals surface area contributed by atoms with E-state index >= 15 is 0 Å². The summed E-state index contributed by atoms with van der Waals surface area (Å²) in [6.07, 6.45) is 1.99. The molecule has 0 radical (unpaired) electrons. The third kappa shape index (κ3) is 1.74. The topological polar surface area (TPSA) is 24.7 Å². The highest BCUT2D eigenvalue weighted by atomic mass is 15.0. The van der Waals surface area contributed by atoms with Crippen LogP contribution in [-0.2, 0) is 0 Å². The molecule has 2 heteroatoms. The van der Waals surface area contributed by atoms with Crippen molar-refractivity contribution in [3.05, 3.63) is 35.9 Å². The van der Waals surface area contributed by atoms with Crippen molar-refractivity contribution in [2.75, 3.05) is 0 Å². The van der Waals surface area contributed by atoms with E-state index in [0.717, 1.165) is 11.3 Å². The first-order valence-electron chi connectivity index (χ1n) is 4.94. The standard InChI is InChI=1S/C12H14N2/c1-9(2)12-13-8-11(14-12)10-6-4-3-5-7-10/h3-9,12H,1-2H3. The molecule has 0 N–H and O–H groups in total. The molecule has 0 aliphatic carbocycles. The fraction of sp³-hybridized carbons (Fsp3) is 0.333. The smallest absolute Gasteiger partial charge is 0.142 e. The molecule has 2 nitrogen and oxygen atoms in total. The van der Waals surface area contributed by atoms with Crippen LogP contribution in [0.15, 0.2) is 40.3 Å². The highest BCUT2D eigenvalue weighted by Crippen LogP contribution is 2.14. The van der Waals surface area contributed by atoms with Gasteiger partial charge >= 0.3 is 0 Å². The zero-order chi connectivity index (χ0) is 9.97. The van der Waals surface area contributed by atoms with Gasteiger partial charge in [0.05, 0.1) is 5.71 Å². The van der Waals surface area contributed by atoms with Crippen LogP contribution in [0, 0.1) is 5.92 Å². The molecule has 1 heterocycles. The van der Waals surface area contributed by atoms with Gasteiger partial charge in [-0.15, -0.1) is 0 Å². The highest BCUT2D eigenvalue weighted by Gasteiger charge is 2.16. The second kappa shape index (κ2) is 3.74. The summed E-state index contributed by atoms with van der Waals surface area (Å²) in [5, 5.41) is 0. The van der Waals surface area contributed by atoms with Gasteiger partial charge in [0.15, 0.2) is 0 Å². The molecular weight excluding hydrogens is 172 g/mol. The normalized spacial score (nSPS) is 20.2. The summed E-state index contributed by atoms with van der Waals surface area (Å²) >= 11 is 0. The molecule has 1 unspecified atom stereocenters. The summed E-state index contributed by atoms with van der Waals surface area (Å²) in [6, 6.07) is 10.2. The maximum absolute atomic E-state index is 4.55. The first-order chi connectivity index (χ1) is 6.77. The van der Waals surface area contributed by atoms with Gasteiger partial charge in [-0.25, -0.2) is 0 Å². The Morgan fingerprint density at radius 3 is 2.43 bits per heavy atom. The maximum Gasteiger partial charge on any atom is 0.142 e. The molecule has 14 heavy (non-hydrogen) atoms. The third-order valence-corrected chi connectivity index (χ3v) is 2.29. The van der Waals surface area contributed by atoms with E-state index < -0.39 is 0 Å². The van der Waals surface area contributed by atoms with Crippen molar-refractivity contribution in [1.82, 2.24) is 0 Å². The van der Waals surface area contributed by atoms with Gasteiger partial charge in [-0.05, 0) is 5.92 Å². The monoisotopic (exact) mass is 186 g/mol. The second-order valence-electron chi connectivity index (χ2n) is 3.82. The quantitative estimate of drug-likeness (QED) is 0.678. The lowest BCUT2D eigenvalue weighted by molar-refractivity contribution is 0.522. The summed E-state index contributed by atoms with van der Waals surface area (Å²) < 4.78 is 0. The van der Waals surface area contributed by atoms with Crippen LogP contribution in [0.4, 0.5) is 0 Å². The van der Waals surface area contributed by atoms with Gasteiger partial charge < -0.3 is 0 Å². The number of aliphatic imine (C=N–C) groups is 2. The molecule has 0 aromatic heterocycles. The van der Waals surface area contributed by atoms with Crippen LogP contribution >= 0.6 is 0 Å². The number of nitrogens with zero attached hydrogens (tertiary/aromatic N) is 2. The van der Waals surface area contributed by atoms with E-state index in [1.54, 1.807) is 0 Å². The van der Waals surface area contributed by atoms with E-state index in [2.05, 4.69) is 36.0 Å². The molecule has 2 rings (SSSR count). The van der Waals surface area contributed by atoms with E-state index in [1.165, 1.54) is 0 Å². The summed E-state index contributed by atoms with van der Waals surface area (Å²) in [7, 11) is 0. The van der Waals surface area contributed by atoms with Crippen LogP contribution in [0.3, 0.4) is 0 Å². The Morgan fingerprint density at radius 1 is 1.14 bits per heavy atom. The fourth-order valence-electron chi connectivity index (χ4n) is 1.44. The van der Waals surface area contributed by atoms with Gasteiger partial charge in [-0.3, -0.25) is 9.98 Å². The van der Waals surface area contributed by atoms with E-state index in [9.17, 15) is 0 Å². The van der Waals surface area contributed by atoms with Crippen LogP contribution in [0.25, 0.3) is 0 Å². The molecule has 1 aliphatic rings. The van der Waals surface area contributed by atoms with Gasteiger partial charge in [0.2, 0.25) is 0 Å². The van der Waals surface area contributed by atoms with Crippen molar-refractivity contribution in [3.63, 3.8) is 0 Å². The van der Waals surface area contributed by atoms with Crippen molar-refractivity contribution in [1.29, 1.82) is 0 Å². The Balaban J connectivity index is 2.24. The lowest BCUT2D eigenvalue weighted by atomic mass is 10.1. The van der Waals surface area contributed by atoms with Crippen molar-refractivity contribution in [3.8, 4) is 0 Å². The van der Waals surface area contributed by atoms with Crippen LogP contribution in [0.1, 0.15) is 19.4 Å². The second-order valence-corrected chi connectivity index (χ2v) is 3.82. The Labute approximate surface area is 84.4 Å². The first-order valence-corrected chi connectivity index (χ1v) is 4.94. The third-order valence-electron chi connectivity index (χ3n) is 2.29. The van der Waals surface area contributed by atoms with Crippen molar-refractivity contribution in [2.45, 2.75) is 20.0 Å². The van der Waals surface area contributed by atoms with Gasteiger partial charge in [0, 0.05) is 11.8 Å². The zero-order valence-corrected chi connectivity index (χ0v) is 8.51. The fourth-order valence-corrected chi connectivity index (χ4v) is 1.44. The average molecular weight is 186 g/mol. The minimum atomic E-state index is 0.116. The number of rotatable bonds is 2. The van der Waals surface area contributed by atoms with Gasteiger partial charge in [0.25, 0.3) is 0 Å². The maximum atomic E-state index is 4.55. The molecule has 0 amide bonds. The Kier molecular flexibility index (Phi) is 2.44. The van der Waals surface area contributed by atoms with E-state index in [-0.39, 0.29) is 6.17 Å². The van der Waals surface area contributed by atoms with Crippen LogP contribution in [0.5, 0.6) is 0 Å². The molecule has 0 spiro atoms. The average Bonchev–Trinajstić information content (AvgIpc) is 2.68. The van der Waals surface area contributed by atoms with Crippen LogP contribution in [0.2, 0.25) is 0 Å². The number of hydrogen-bond acceptors (Lipinski definition) is 2. The molecule has 1 aromatic rings. The Morgan fingerprint density at radius 2 is 1.86 bits per heavy atom. The van der Waals surface area contributed by atoms with E-state index in [0.29, 0.717) is 5.92 Å². The highest BCUT2D eigenvalue weighted by molar-refractivity contribution is 6.39. The van der Waals surface area contributed by atoms with Crippen LogP contribution < -0.4 is 0 Å². The van der Waals surface area contributed by atoms with E-state index in [1.807, 2.05) is 24.4 Å². The predicted octanol–water partition coefficient (Wildman–Crippen LogP) is 2.54. The number of hydrogen-bond donors (Lipinski definition) is 0. The first kappa shape index (κ1) is 9.13. The Hall–Kier alpha value is -1.44. The summed E-state index contributed by atoms with van der Waals surface area (Å²) in [6.45, 7) is 4.28. The van der Waals surface area contributed by atoms with Crippen molar-refractivity contribution >= 4 is 11.9 Å². The molecule has 0 saturated heterocycles. The van der Waals surface area contributed by atoms with Gasteiger partial charge in [-0.2, -0.15) is 0 Å². The van der Waals surface area contributed by atoms with Crippen LogP contribution in [-0.4, -0.2) is 18.1 Å². The zero-order valence-electron chi connectivity index (χ0n) is 8.51. The number of benzene rings is 1. The lowest BCUT2D eigenvalue weighted by Gasteiger charge is -2.06.